The van der Waals surface area contributed by atoms with E-state index in [1.165, 1.54) is 18.3 Å². The van der Waals surface area contributed by atoms with Crippen molar-refractivity contribution < 1.29 is 17.9 Å². The third-order valence-electron chi connectivity index (χ3n) is 7.05. The molecular formula is C31H26N6O4S. The topological polar surface area (TPSA) is 155 Å². The molecule has 0 aliphatic rings. The lowest BCUT2D eigenvalue weighted by atomic mass is 10.1. The number of carbonyl (C=O) groups is 1. The minimum absolute atomic E-state index is 0.0399. The molecule has 0 aliphatic heterocycles. The van der Waals surface area contributed by atoms with Crippen molar-refractivity contribution in [2.24, 2.45) is 5.73 Å². The molecule has 5 N–H and O–H groups in total. The molecule has 0 aliphatic carbocycles. The Morgan fingerprint density at radius 3 is 2.48 bits per heavy atom. The normalized spacial score (nSPS) is 11.6. The minimum atomic E-state index is -4.02. The van der Waals surface area contributed by atoms with Gasteiger partial charge in [0.1, 0.15) is 11.4 Å². The van der Waals surface area contributed by atoms with Gasteiger partial charge in [-0.25, -0.2) is 13.4 Å². The number of nitrogens with two attached hydrogens (primary N) is 2. The Morgan fingerprint density at radius 2 is 1.74 bits per heavy atom. The number of imidazole rings is 1. The number of pyridine rings is 2. The number of nitrogens with one attached hydrogen (secondary N) is 1. The fourth-order valence-corrected chi connectivity index (χ4v) is 6.26. The average molecular weight is 579 g/mol. The largest absolute Gasteiger partial charge is 0.497 e. The van der Waals surface area contributed by atoms with Crippen LogP contribution in [-0.2, 0) is 9.84 Å². The maximum Gasteiger partial charge on any atom is 0.252 e. The fraction of sp³-hybridized carbons (Fsp3) is 0.0645. The average Bonchev–Trinajstić information content (AvgIpc) is 3.41. The van der Waals surface area contributed by atoms with E-state index in [0.717, 1.165) is 11.3 Å². The highest BCUT2D eigenvalue weighted by molar-refractivity contribution is 7.91. The van der Waals surface area contributed by atoms with Crippen molar-refractivity contribution in [1.82, 2.24) is 14.4 Å². The number of nitrogens with zero attached hydrogens (tertiary/aromatic N) is 3. The second kappa shape index (κ2) is 10.2. The molecule has 0 saturated carbocycles. The van der Waals surface area contributed by atoms with Gasteiger partial charge in [0.2, 0.25) is 9.84 Å². The summed E-state index contributed by atoms with van der Waals surface area (Å²) in [7, 11) is -2.47. The first kappa shape index (κ1) is 26.8. The highest BCUT2D eigenvalue weighted by Gasteiger charge is 2.23. The molecule has 0 unspecified atom stereocenters. The van der Waals surface area contributed by atoms with E-state index in [0.29, 0.717) is 44.9 Å². The predicted molar refractivity (Wildman–Crippen MR) is 162 cm³/mol. The zero-order valence-electron chi connectivity index (χ0n) is 22.7. The van der Waals surface area contributed by atoms with E-state index in [1.807, 2.05) is 12.1 Å². The van der Waals surface area contributed by atoms with Crippen LogP contribution in [0, 0.1) is 6.92 Å². The summed E-state index contributed by atoms with van der Waals surface area (Å²) in [6, 6.07) is 20.7. The molecule has 6 aromatic rings. The van der Waals surface area contributed by atoms with Crippen molar-refractivity contribution in [3.05, 3.63) is 103 Å². The third kappa shape index (κ3) is 4.65. The lowest BCUT2D eigenvalue weighted by Gasteiger charge is -2.16. The van der Waals surface area contributed by atoms with Crippen LogP contribution in [0.1, 0.15) is 15.9 Å². The summed E-state index contributed by atoms with van der Waals surface area (Å²) in [6.45, 7) is 1.77. The Kier molecular flexibility index (Phi) is 6.51. The maximum absolute atomic E-state index is 14.1. The number of methoxy groups -OCH3 is 1. The van der Waals surface area contributed by atoms with Gasteiger partial charge in [-0.2, -0.15) is 0 Å². The summed E-state index contributed by atoms with van der Waals surface area (Å²) in [4.78, 5) is 21.4. The molecule has 3 heterocycles. The quantitative estimate of drug-likeness (QED) is 0.220. The molecule has 0 radical (unpaired) electrons. The molecule has 1 amide bonds. The maximum atomic E-state index is 14.1. The van der Waals surface area contributed by atoms with E-state index in [9.17, 15) is 13.2 Å². The number of aromatic nitrogens is 3. The van der Waals surface area contributed by atoms with Gasteiger partial charge in [0.05, 0.1) is 45.6 Å². The van der Waals surface area contributed by atoms with E-state index < -0.39 is 15.7 Å². The Labute approximate surface area is 241 Å². The Hall–Kier alpha value is -5.42. The van der Waals surface area contributed by atoms with Crippen LogP contribution in [0.3, 0.4) is 0 Å². The number of hydrogen-bond acceptors (Lipinski definition) is 8. The van der Waals surface area contributed by atoms with E-state index >= 15 is 0 Å². The van der Waals surface area contributed by atoms with Crippen molar-refractivity contribution in [2.75, 3.05) is 18.2 Å². The molecule has 11 heteroatoms. The standard InChI is InChI=1S/C31H26N6O4S/c1-18-12-24(14-25-29(18)35-15-26(31(33)38)30(25)36-21-4-3-5-22(13-21)41-2)42(39,40)23-10-11-28-34-16-27(37(28)17-23)19-6-8-20(32)9-7-19/h3-17H,32H2,1-2H3,(H2,33,38)(H,35,36). The fourth-order valence-electron chi connectivity index (χ4n) is 4.89. The lowest BCUT2D eigenvalue weighted by Crippen LogP contribution is -2.14. The number of aryl methyl sites for hydroxylation is 1. The Balaban J connectivity index is 1.51. The van der Waals surface area contributed by atoms with E-state index in [4.69, 9.17) is 16.2 Å². The summed E-state index contributed by atoms with van der Waals surface area (Å²) in [5, 5.41) is 3.66. The third-order valence-corrected chi connectivity index (χ3v) is 8.76. The van der Waals surface area contributed by atoms with Crippen molar-refractivity contribution in [1.29, 1.82) is 0 Å². The number of anilines is 3. The molecule has 0 bridgehead atoms. The number of benzene rings is 3. The van der Waals surface area contributed by atoms with E-state index in [2.05, 4.69) is 15.3 Å². The number of amides is 1. The van der Waals surface area contributed by atoms with Gasteiger partial charge in [0.15, 0.2) is 0 Å². The molecule has 42 heavy (non-hydrogen) atoms. The van der Waals surface area contributed by atoms with Gasteiger partial charge >= 0.3 is 0 Å². The van der Waals surface area contributed by atoms with Gasteiger partial charge in [-0.05, 0) is 61.0 Å². The summed E-state index contributed by atoms with van der Waals surface area (Å²) < 4.78 is 35.2. The Morgan fingerprint density at radius 1 is 0.952 bits per heavy atom. The number of carbonyl (C=O) groups excluding carboxylic acids is 1. The molecule has 6 rings (SSSR count). The van der Waals surface area contributed by atoms with Crippen molar-refractivity contribution in [3.63, 3.8) is 0 Å². The molecule has 3 aromatic carbocycles. The number of primary amides is 1. The second-order valence-electron chi connectivity index (χ2n) is 9.77. The van der Waals surface area contributed by atoms with Crippen molar-refractivity contribution >= 4 is 49.4 Å². The predicted octanol–water partition coefficient (Wildman–Crippen LogP) is 5.12. The van der Waals surface area contributed by atoms with Gasteiger partial charge in [0.25, 0.3) is 5.91 Å². The number of fused-ring (bicyclic) bond motifs is 2. The van der Waals surface area contributed by atoms with E-state index in [-0.39, 0.29) is 15.4 Å². The molecule has 0 fully saturated rings. The SMILES string of the molecule is COc1cccc(Nc2c(C(N)=O)cnc3c(C)cc(S(=O)(=O)c4ccc5ncc(-c6ccc(N)cc6)n5c4)cc23)c1. The monoisotopic (exact) mass is 578 g/mol. The zero-order chi connectivity index (χ0) is 29.6. The van der Waals surface area contributed by atoms with Crippen LogP contribution >= 0.6 is 0 Å². The first-order valence-electron chi connectivity index (χ1n) is 12.9. The number of nitrogen functional groups attached to an aromatic ring is 1. The van der Waals surface area contributed by atoms with Crippen molar-refractivity contribution in [2.45, 2.75) is 16.7 Å². The van der Waals surface area contributed by atoms with Crippen LogP contribution in [0.4, 0.5) is 17.1 Å². The molecular weight excluding hydrogens is 552 g/mol. The van der Waals surface area contributed by atoms with Crippen LogP contribution in [0.5, 0.6) is 5.75 Å². The molecule has 0 spiro atoms. The van der Waals surface area contributed by atoms with Crippen LogP contribution in [-0.4, -0.2) is 35.8 Å². The van der Waals surface area contributed by atoms with Gasteiger partial charge in [-0.1, -0.05) is 18.2 Å². The smallest absolute Gasteiger partial charge is 0.252 e. The molecule has 0 atom stereocenters. The molecule has 10 nitrogen and oxygen atoms in total. The minimum Gasteiger partial charge on any atom is -0.497 e. The summed E-state index contributed by atoms with van der Waals surface area (Å²) in [6.07, 6.45) is 4.63. The molecule has 3 aromatic heterocycles. The zero-order valence-corrected chi connectivity index (χ0v) is 23.5. The molecule has 210 valence electrons. The van der Waals surface area contributed by atoms with E-state index in [1.54, 1.807) is 79.4 Å². The van der Waals surface area contributed by atoms with Crippen LogP contribution in [0.15, 0.2) is 101 Å². The highest BCUT2D eigenvalue weighted by Crippen LogP contribution is 2.35. The first-order valence-corrected chi connectivity index (χ1v) is 14.4. The van der Waals surface area contributed by atoms with Crippen LogP contribution < -0.4 is 21.5 Å². The number of rotatable bonds is 7. The van der Waals surface area contributed by atoms with Gasteiger partial charge in [0, 0.05) is 40.8 Å². The second-order valence-corrected chi connectivity index (χ2v) is 11.7. The van der Waals surface area contributed by atoms with Crippen LogP contribution in [0.25, 0.3) is 27.8 Å². The van der Waals surface area contributed by atoms with Gasteiger partial charge in [-0.3, -0.25) is 14.2 Å². The first-order chi connectivity index (χ1) is 20.2. The number of hydrogen-bond donors (Lipinski definition) is 3. The van der Waals surface area contributed by atoms with Crippen LogP contribution in [0.2, 0.25) is 0 Å². The van der Waals surface area contributed by atoms with Gasteiger partial charge in [-0.15, -0.1) is 0 Å². The Bertz CT molecular complexity index is 2120. The summed E-state index contributed by atoms with van der Waals surface area (Å²) in [5.41, 5.74) is 16.5. The summed E-state index contributed by atoms with van der Waals surface area (Å²) in [5.74, 6) is -0.104. The van der Waals surface area contributed by atoms with Gasteiger partial charge < -0.3 is 21.5 Å². The number of sulfone groups is 1. The van der Waals surface area contributed by atoms with Crippen molar-refractivity contribution in [3.8, 4) is 17.0 Å². The molecule has 0 saturated heterocycles. The lowest BCUT2D eigenvalue weighted by molar-refractivity contribution is 0.100. The highest BCUT2D eigenvalue weighted by atomic mass is 32.2. The number of ether oxygens (including phenoxy) is 1. The summed E-state index contributed by atoms with van der Waals surface area (Å²) >= 11 is 0.